The van der Waals surface area contributed by atoms with Crippen molar-refractivity contribution in [2.24, 2.45) is 0 Å². The third-order valence-corrected chi connectivity index (χ3v) is 12.2. The van der Waals surface area contributed by atoms with Gasteiger partial charge in [0, 0.05) is 68.4 Å². The highest BCUT2D eigenvalue weighted by Gasteiger charge is 2.49. The zero-order valence-electron chi connectivity index (χ0n) is 30.9. The predicted molar refractivity (Wildman–Crippen MR) is 200 cm³/mol. The first kappa shape index (κ1) is 35.2. The van der Waals surface area contributed by atoms with E-state index < -0.39 is 6.17 Å². The Hall–Kier alpha value is -4.56. The lowest BCUT2D eigenvalue weighted by Gasteiger charge is -2.35. The number of aromatic hydroxyl groups is 1. The topological polar surface area (TPSA) is 112 Å². The number of amides is 1. The molecule has 2 aromatic carbocycles. The van der Waals surface area contributed by atoms with E-state index in [4.69, 9.17) is 24.5 Å². The van der Waals surface area contributed by atoms with Gasteiger partial charge in [-0.3, -0.25) is 14.4 Å². The molecular weight excluding hydrogens is 694 g/mol. The standard InChI is InChI=1S/C40H48F2N8O4/c1-2-30-32(42)7-6-26-18-29(51)20-35(36(26)30)47-13-8-31-34(24-47)43-39(54-25-40-9-5-11-49(40)22-27(41)21-40)44-37(31)48-10-3-4-12-50-28(23-48)19-33(45-50)38(52)46-14-16-53-17-15-46/h6-7,18-20,27,51H,2-5,8-17,21-25H2,1H3/t27-,40+/m1/s1. The van der Waals surface area contributed by atoms with Crippen molar-refractivity contribution in [1.29, 1.82) is 0 Å². The summed E-state index contributed by atoms with van der Waals surface area (Å²) >= 11 is 0. The van der Waals surface area contributed by atoms with E-state index in [-0.39, 0.29) is 29.0 Å². The third kappa shape index (κ3) is 6.40. The molecule has 14 heteroatoms. The second-order valence-electron chi connectivity index (χ2n) is 15.5. The van der Waals surface area contributed by atoms with E-state index in [0.717, 1.165) is 84.5 Å². The van der Waals surface area contributed by atoms with Gasteiger partial charge in [0.2, 0.25) is 0 Å². The van der Waals surface area contributed by atoms with E-state index in [9.17, 15) is 14.3 Å². The number of carbonyl (C=O) groups excluding carboxylic acids is 1. The SMILES string of the molecule is CCc1c(F)ccc2cc(O)cc(N3CCc4c(nc(OC[C@@]56CCCN5C[C@H](F)C6)nc4N4CCCCn5nc(C(=O)N6CCOCC6)cc5C4)C3)c12. The number of anilines is 2. The van der Waals surface area contributed by atoms with E-state index in [1.807, 2.05) is 22.6 Å². The zero-order valence-corrected chi connectivity index (χ0v) is 30.9. The van der Waals surface area contributed by atoms with E-state index in [2.05, 4.69) is 14.7 Å². The van der Waals surface area contributed by atoms with Crippen LogP contribution in [0.3, 0.4) is 0 Å². The molecule has 5 aliphatic heterocycles. The summed E-state index contributed by atoms with van der Waals surface area (Å²) in [7, 11) is 0. The van der Waals surface area contributed by atoms with Gasteiger partial charge < -0.3 is 29.3 Å². The molecule has 3 saturated heterocycles. The molecular formula is C40H48F2N8O4. The molecule has 2 atom stereocenters. The Balaban J connectivity index is 1.08. The van der Waals surface area contributed by atoms with Crippen LogP contribution >= 0.6 is 0 Å². The number of aryl methyl sites for hydroxylation is 2. The van der Waals surface area contributed by atoms with E-state index in [0.29, 0.717) is 89.6 Å². The van der Waals surface area contributed by atoms with Gasteiger partial charge in [-0.15, -0.1) is 0 Å². The Morgan fingerprint density at radius 3 is 2.72 bits per heavy atom. The van der Waals surface area contributed by atoms with Crippen LogP contribution in [0.2, 0.25) is 0 Å². The van der Waals surface area contributed by atoms with Gasteiger partial charge in [0.05, 0.1) is 43.2 Å². The van der Waals surface area contributed by atoms with Crippen LogP contribution in [0.4, 0.5) is 20.3 Å². The van der Waals surface area contributed by atoms with Crippen molar-refractivity contribution in [2.45, 2.75) is 83.2 Å². The predicted octanol–water partition coefficient (Wildman–Crippen LogP) is 5.02. The first-order chi connectivity index (χ1) is 26.3. The number of aromatic nitrogens is 4. The number of alkyl halides is 1. The van der Waals surface area contributed by atoms with Crippen LogP contribution in [-0.4, -0.2) is 111 Å². The van der Waals surface area contributed by atoms with Crippen LogP contribution in [-0.2, 0) is 37.2 Å². The highest BCUT2D eigenvalue weighted by atomic mass is 19.1. The number of phenols is 1. The highest BCUT2D eigenvalue weighted by molar-refractivity contribution is 5.98. The van der Waals surface area contributed by atoms with E-state index in [1.54, 1.807) is 18.2 Å². The molecule has 5 aliphatic rings. The van der Waals surface area contributed by atoms with Crippen LogP contribution < -0.4 is 14.5 Å². The number of halogens is 2. The average molecular weight is 743 g/mol. The van der Waals surface area contributed by atoms with Crippen LogP contribution in [0, 0.1) is 5.82 Å². The summed E-state index contributed by atoms with van der Waals surface area (Å²) in [6.45, 7) is 8.73. The maximum Gasteiger partial charge on any atom is 0.318 e. The second-order valence-corrected chi connectivity index (χ2v) is 15.5. The molecule has 4 aromatic rings. The maximum atomic E-state index is 15.2. The number of hydrogen-bond donors (Lipinski definition) is 1. The lowest BCUT2D eigenvalue weighted by Crippen LogP contribution is -2.43. The van der Waals surface area contributed by atoms with Crippen molar-refractivity contribution in [3.05, 3.63) is 64.4 Å². The molecule has 1 N–H and O–H groups in total. The molecule has 1 amide bonds. The summed E-state index contributed by atoms with van der Waals surface area (Å²) in [5.74, 6) is 0.578. The summed E-state index contributed by atoms with van der Waals surface area (Å²) in [6.07, 6.45) is 4.40. The molecule has 9 rings (SSSR count). The summed E-state index contributed by atoms with van der Waals surface area (Å²) in [5.41, 5.74) is 4.24. The molecule has 12 nitrogen and oxygen atoms in total. The smallest absolute Gasteiger partial charge is 0.318 e. The van der Waals surface area contributed by atoms with Gasteiger partial charge in [-0.25, -0.2) is 8.78 Å². The minimum absolute atomic E-state index is 0.0763. The number of nitrogens with zero attached hydrogens (tertiary/aromatic N) is 8. The van der Waals surface area contributed by atoms with Gasteiger partial charge >= 0.3 is 6.01 Å². The normalized spacial score (nSPS) is 23.2. The van der Waals surface area contributed by atoms with Crippen LogP contribution in [0.25, 0.3) is 10.8 Å². The molecule has 0 radical (unpaired) electrons. The summed E-state index contributed by atoms with van der Waals surface area (Å²) in [4.78, 5) is 32.1. The first-order valence-electron chi connectivity index (χ1n) is 19.6. The molecule has 0 aliphatic carbocycles. The Kier molecular flexibility index (Phi) is 9.28. The zero-order chi connectivity index (χ0) is 37.0. The number of benzene rings is 2. The number of phenolic OH excluding ortho intramolecular Hbond substituents is 1. The molecule has 0 spiro atoms. The van der Waals surface area contributed by atoms with Crippen molar-refractivity contribution in [3.8, 4) is 11.8 Å². The van der Waals surface area contributed by atoms with Crippen molar-refractivity contribution in [2.75, 3.05) is 68.9 Å². The molecule has 286 valence electrons. The van der Waals surface area contributed by atoms with Gasteiger partial charge in [-0.2, -0.15) is 15.1 Å². The third-order valence-electron chi connectivity index (χ3n) is 12.2. The van der Waals surface area contributed by atoms with Crippen molar-refractivity contribution >= 4 is 28.2 Å². The first-order valence-corrected chi connectivity index (χ1v) is 19.6. The van der Waals surface area contributed by atoms with Gasteiger partial charge in [-0.05, 0) is 74.2 Å². The summed E-state index contributed by atoms with van der Waals surface area (Å²) in [6, 6.07) is 8.78. The van der Waals surface area contributed by atoms with Crippen molar-refractivity contribution in [3.63, 3.8) is 0 Å². The average Bonchev–Trinajstić information content (AvgIpc) is 3.84. The van der Waals surface area contributed by atoms with Crippen LogP contribution in [0.15, 0.2) is 30.3 Å². The maximum absolute atomic E-state index is 15.2. The Morgan fingerprint density at radius 1 is 1.02 bits per heavy atom. The largest absolute Gasteiger partial charge is 0.508 e. The molecule has 0 unspecified atom stereocenters. The summed E-state index contributed by atoms with van der Waals surface area (Å²) < 4.78 is 43.8. The molecule has 0 saturated carbocycles. The fourth-order valence-electron chi connectivity index (χ4n) is 9.47. The number of hydrogen-bond acceptors (Lipinski definition) is 10. The Bertz CT molecular complexity index is 2070. The van der Waals surface area contributed by atoms with Crippen LogP contribution in [0.5, 0.6) is 11.8 Å². The monoisotopic (exact) mass is 742 g/mol. The number of ether oxygens (including phenoxy) is 2. The van der Waals surface area contributed by atoms with E-state index in [1.165, 1.54) is 6.07 Å². The Morgan fingerprint density at radius 2 is 1.87 bits per heavy atom. The molecule has 7 heterocycles. The lowest BCUT2D eigenvalue weighted by atomic mass is 9.95. The molecule has 3 fully saturated rings. The van der Waals surface area contributed by atoms with Gasteiger partial charge in [0.25, 0.3) is 5.91 Å². The minimum atomic E-state index is -0.872. The number of carbonyl (C=O) groups is 1. The molecule has 0 bridgehead atoms. The summed E-state index contributed by atoms with van der Waals surface area (Å²) in [5, 5.41) is 17.2. The number of morpholine rings is 1. The van der Waals surface area contributed by atoms with Gasteiger partial charge in [0.1, 0.15) is 30.2 Å². The minimum Gasteiger partial charge on any atom is -0.508 e. The fourth-order valence-corrected chi connectivity index (χ4v) is 9.47. The lowest BCUT2D eigenvalue weighted by molar-refractivity contribution is 0.0298. The van der Waals surface area contributed by atoms with Gasteiger partial charge in [0.15, 0.2) is 5.69 Å². The van der Waals surface area contributed by atoms with E-state index >= 15 is 4.39 Å². The quantitative estimate of drug-likeness (QED) is 0.277. The number of rotatable bonds is 7. The highest BCUT2D eigenvalue weighted by Crippen LogP contribution is 2.42. The molecule has 54 heavy (non-hydrogen) atoms. The van der Waals surface area contributed by atoms with Crippen molar-refractivity contribution < 1.29 is 28.2 Å². The Labute approximate surface area is 313 Å². The fraction of sp³-hybridized carbons (Fsp3) is 0.550. The number of fused-ring (bicyclic) bond motifs is 4. The molecule has 2 aromatic heterocycles. The second kappa shape index (κ2) is 14.3. The van der Waals surface area contributed by atoms with Crippen molar-refractivity contribution in [1.82, 2.24) is 29.5 Å². The van der Waals surface area contributed by atoms with Gasteiger partial charge in [-0.1, -0.05) is 13.0 Å². The van der Waals surface area contributed by atoms with Crippen LogP contribution in [0.1, 0.15) is 72.0 Å².